The summed E-state index contributed by atoms with van der Waals surface area (Å²) in [5.41, 5.74) is 10.8. The molecule has 2 heterocycles. The van der Waals surface area contributed by atoms with Crippen molar-refractivity contribution in [3.8, 4) is 67.5 Å². The zero-order valence-electron chi connectivity index (χ0n) is 26.6. The molecule has 0 saturated heterocycles. The second-order valence-corrected chi connectivity index (χ2v) is 11.9. The third-order valence-corrected chi connectivity index (χ3v) is 8.80. The molecule has 230 valence electrons. The first-order valence-electron chi connectivity index (χ1n) is 15.9. The fourth-order valence-electron chi connectivity index (χ4n) is 6.23. The molecular formula is C42H31N5O. The van der Waals surface area contributed by atoms with Crippen LogP contribution in [0.1, 0.15) is 0 Å². The van der Waals surface area contributed by atoms with Crippen LogP contribution in [0.2, 0.25) is 0 Å². The van der Waals surface area contributed by atoms with Gasteiger partial charge in [0.2, 0.25) is 0 Å². The highest BCUT2D eigenvalue weighted by Crippen LogP contribution is 2.34. The van der Waals surface area contributed by atoms with Gasteiger partial charge in [0.1, 0.15) is 0 Å². The van der Waals surface area contributed by atoms with E-state index in [0.717, 1.165) is 61.1 Å². The van der Waals surface area contributed by atoms with Crippen LogP contribution in [0.4, 0.5) is 0 Å². The average molecular weight is 622 g/mol. The van der Waals surface area contributed by atoms with Crippen molar-refractivity contribution >= 4 is 11.0 Å². The van der Waals surface area contributed by atoms with Crippen molar-refractivity contribution in [1.82, 2.24) is 24.1 Å². The Balaban J connectivity index is 1.30. The van der Waals surface area contributed by atoms with E-state index >= 15 is 0 Å². The van der Waals surface area contributed by atoms with Gasteiger partial charge in [0.05, 0.1) is 11.0 Å². The molecule has 0 atom stereocenters. The first-order chi connectivity index (χ1) is 23.5. The van der Waals surface area contributed by atoms with Crippen molar-refractivity contribution < 1.29 is 0 Å². The number of imidazole rings is 1. The van der Waals surface area contributed by atoms with Crippen molar-refractivity contribution in [2.45, 2.75) is 0 Å². The Morgan fingerprint density at radius 1 is 0.354 bits per heavy atom. The Labute approximate surface area is 278 Å². The molecule has 0 aliphatic heterocycles. The van der Waals surface area contributed by atoms with E-state index in [4.69, 9.17) is 15.0 Å². The molecular weight excluding hydrogens is 590 g/mol. The van der Waals surface area contributed by atoms with Gasteiger partial charge in [0, 0.05) is 30.8 Å². The Morgan fingerprint density at radius 3 is 1.38 bits per heavy atom. The van der Waals surface area contributed by atoms with Crippen molar-refractivity contribution in [3.63, 3.8) is 0 Å². The van der Waals surface area contributed by atoms with E-state index in [1.165, 1.54) is 0 Å². The maximum absolute atomic E-state index is 12.6. The lowest BCUT2D eigenvalue weighted by Gasteiger charge is -2.13. The number of aromatic nitrogens is 5. The molecule has 6 nitrogen and oxygen atoms in total. The van der Waals surface area contributed by atoms with E-state index in [1.54, 1.807) is 23.2 Å². The maximum Gasteiger partial charge on any atom is 0.328 e. The summed E-state index contributed by atoms with van der Waals surface area (Å²) >= 11 is 0. The van der Waals surface area contributed by atoms with E-state index in [1.807, 2.05) is 60.7 Å². The van der Waals surface area contributed by atoms with E-state index in [0.29, 0.717) is 17.5 Å². The summed E-state index contributed by atoms with van der Waals surface area (Å²) in [6, 6.07) is 51.7. The maximum atomic E-state index is 12.6. The average Bonchev–Trinajstić information content (AvgIpc) is 3.38. The minimum Gasteiger partial charge on any atom is -0.295 e. The lowest BCUT2D eigenvalue weighted by molar-refractivity contribution is 0.795. The highest BCUT2D eigenvalue weighted by Gasteiger charge is 2.16. The summed E-state index contributed by atoms with van der Waals surface area (Å²) in [6.45, 7) is 0. The summed E-state index contributed by atoms with van der Waals surface area (Å²) in [5.74, 6) is 1.79. The standard InChI is InChI=1S/C42H31N5O/c1-46-37-22-21-32(27-38(37)47(2)42(46)48)31-19-12-20-33(23-31)40-43-39(30-17-10-5-11-18-30)44-41(45-40)36-25-34(28-13-6-3-7-14-28)24-35(26-36)29-15-8-4-9-16-29/h3-27H,1-2H3. The zero-order chi connectivity index (χ0) is 32.6. The molecule has 0 saturated carbocycles. The molecule has 8 rings (SSSR count). The first-order valence-corrected chi connectivity index (χ1v) is 15.9. The Morgan fingerprint density at radius 2 is 0.771 bits per heavy atom. The minimum atomic E-state index is -0.0474. The number of hydrogen-bond donors (Lipinski definition) is 0. The van der Waals surface area contributed by atoms with E-state index in [-0.39, 0.29) is 5.69 Å². The van der Waals surface area contributed by atoms with Gasteiger partial charge in [-0.05, 0) is 69.8 Å². The molecule has 0 fully saturated rings. The van der Waals surface area contributed by atoms with E-state index in [9.17, 15) is 4.79 Å². The normalized spacial score (nSPS) is 11.2. The molecule has 0 bridgehead atoms. The molecule has 0 aliphatic rings. The zero-order valence-corrected chi connectivity index (χ0v) is 26.6. The largest absolute Gasteiger partial charge is 0.328 e. The molecule has 8 aromatic rings. The Hall–Kier alpha value is -6.40. The summed E-state index contributed by atoms with van der Waals surface area (Å²) in [4.78, 5) is 27.7. The second kappa shape index (κ2) is 12.1. The van der Waals surface area contributed by atoms with Gasteiger partial charge in [-0.15, -0.1) is 0 Å². The monoisotopic (exact) mass is 621 g/mol. The van der Waals surface area contributed by atoms with E-state index in [2.05, 4.69) is 91.0 Å². The third-order valence-electron chi connectivity index (χ3n) is 8.80. The molecule has 0 spiro atoms. The van der Waals surface area contributed by atoms with Gasteiger partial charge in [0.15, 0.2) is 17.5 Å². The van der Waals surface area contributed by atoms with E-state index < -0.39 is 0 Å². The van der Waals surface area contributed by atoms with Crippen LogP contribution in [0.15, 0.2) is 156 Å². The first kappa shape index (κ1) is 29.0. The number of fused-ring (bicyclic) bond motifs is 1. The lowest BCUT2D eigenvalue weighted by atomic mass is 9.96. The smallest absolute Gasteiger partial charge is 0.295 e. The van der Waals surface area contributed by atoms with Gasteiger partial charge in [-0.2, -0.15) is 0 Å². The van der Waals surface area contributed by atoms with Crippen LogP contribution >= 0.6 is 0 Å². The van der Waals surface area contributed by atoms with Crippen molar-refractivity contribution in [1.29, 1.82) is 0 Å². The molecule has 6 aromatic carbocycles. The Bertz CT molecular complexity index is 2430. The van der Waals surface area contributed by atoms with Crippen molar-refractivity contribution in [2.75, 3.05) is 0 Å². The second-order valence-electron chi connectivity index (χ2n) is 11.9. The van der Waals surface area contributed by atoms with Crippen LogP contribution in [-0.4, -0.2) is 24.1 Å². The van der Waals surface area contributed by atoms with Crippen LogP contribution < -0.4 is 5.69 Å². The van der Waals surface area contributed by atoms with Gasteiger partial charge in [-0.1, -0.05) is 115 Å². The van der Waals surface area contributed by atoms with Crippen molar-refractivity contribution in [2.24, 2.45) is 14.1 Å². The van der Waals surface area contributed by atoms with Gasteiger partial charge >= 0.3 is 5.69 Å². The topological polar surface area (TPSA) is 65.6 Å². The molecule has 2 aromatic heterocycles. The summed E-state index contributed by atoms with van der Waals surface area (Å²) in [6.07, 6.45) is 0. The minimum absolute atomic E-state index is 0.0474. The molecule has 0 N–H and O–H groups in total. The quantitative estimate of drug-likeness (QED) is 0.186. The van der Waals surface area contributed by atoms with Crippen LogP contribution in [0.25, 0.3) is 78.6 Å². The van der Waals surface area contributed by atoms with Gasteiger partial charge in [-0.25, -0.2) is 19.7 Å². The molecule has 0 unspecified atom stereocenters. The molecule has 48 heavy (non-hydrogen) atoms. The lowest BCUT2D eigenvalue weighted by Crippen LogP contribution is -2.19. The number of nitrogens with zero attached hydrogens (tertiary/aromatic N) is 5. The molecule has 0 aliphatic carbocycles. The fraction of sp³-hybridized carbons (Fsp3) is 0.0476. The summed E-state index contributed by atoms with van der Waals surface area (Å²) < 4.78 is 3.35. The van der Waals surface area contributed by atoms with Crippen LogP contribution in [-0.2, 0) is 14.1 Å². The fourth-order valence-corrected chi connectivity index (χ4v) is 6.23. The third kappa shape index (κ3) is 5.39. The molecule has 0 radical (unpaired) electrons. The number of benzene rings is 6. The van der Waals surface area contributed by atoms with Crippen LogP contribution in [0, 0.1) is 0 Å². The SMILES string of the molecule is Cn1c(=O)n(C)c2cc(-c3cccc(-c4nc(-c5ccccc5)nc(-c5cc(-c6ccccc6)cc(-c6ccccc6)c5)n4)c3)ccc21. The summed E-state index contributed by atoms with van der Waals surface area (Å²) in [5, 5.41) is 0. The highest BCUT2D eigenvalue weighted by atomic mass is 16.1. The number of hydrogen-bond acceptors (Lipinski definition) is 4. The predicted octanol–water partition coefficient (Wildman–Crippen LogP) is 9.06. The van der Waals surface area contributed by atoms with Gasteiger partial charge < -0.3 is 0 Å². The number of aryl methyl sites for hydroxylation is 2. The summed E-state index contributed by atoms with van der Waals surface area (Å²) in [7, 11) is 3.60. The Kier molecular flexibility index (Phi) is 7.31. The molecule has 0 amide bonds. The van der Waals surface area contributed by atoms with Gasteiger partial charge in [0.25, 0.3) is 0 Å². The van der Waals surface area contributed by atoms with Gasteiger partial charge in [-0.3, -0.25) is 9.13 Å². The van der Waals surface area contributed by atoms with Crippen LogP contribution in [0.5, 0.6) is 0 Å². The molecule has 6 heteroatoms. The predicted molar refractivity (Wildman–Crippen MR) is 194 cm³/mol. The number of rotatable bonds is 6. The van der Waals surface area contributed by atoms with Crippen molar-refractivity contribution in [3.05, 3.63) is 162 Å². The highest BCUT2D eigenvalue weighted by molar-refractivity contribution is 5.84. The van der Waals surface area contributed by atoms with Crippen LogP contribution in [0.3, 0.4) is 0 Å².